The number of benzene rings is 1. The summed E-state index contributed by atoms with van der Waals surface area (Å²) in [6, 6.07) is 10.3. The lowest BCUT2D eigenvalue weighted by molar-refractivity contribution is 0.0602. The number of aromatic nitrogens is 2. The van der Waals surface area contributed by atoms with Crippen molar-refractivity contribution in [1.82, 2.24) is 14.9 Å². The number of nitrogens with one attached hydrogen (secondary N) is 1. The number of likely N-dealkylation sites (tertiary alicyclic amines) is 1. The van der Waals surface area contributed by atoms with Crippen LogP contribution in [0.25, 0.3) is 0 Å². The van der Waals surface area contributed by atoms with Gasteiger partial charge in [0.15, 0.2) is 0 Å². The van der Waals surface area contributed by atoms with Crippen LogP contribution in [-0.4, -0.2) is 33.4 Å². The van der Waals surface area contributed by atoms with Gasteiger partial charge in [0.05, 0.1) is 0 Å². The van der Waals surface area contributed by atoms with E-state index in [1.165, 1.54) is 12.0 Å². The molecule has 1 fully saturated rings. The summed E-state index contributed by atoms with van der Waals surface area (Å²) in [6.07, 6.45) is 5.99. The standard InChI is InChI=1S/C22H30N4O/c1-5-18-8-6-7-15-26(18)20(27)19-13-14-23-21(25-19)24-17-11-9-16(10-12-17)22(2,3)4/h9-14,18H,5-8,15H2,1-4H3,(H,23,24,25). The molecule has 144 valence electrons. The second-order valence-electron chi connectivity index (χ2n) is 8.27. The summed E-state index contributed by atoms with van der Waals surface area (Å²) in [6.45, 7) is 9.54. The molecule has 0 aliphatic carbocycles. The quantitative estimate of drug-likeness (QED) is 0.834. The van der Waals surface area contributed by atoms with Gasteiger partial charge in [-0.2, -0.15) is 0 Å². The first-order valence-corrected chi connectivity index (χ1v) is 9.90. The number of anilines is 2. The first-order valence-electron chi connectivity index (χ1n) is 9.90. The zero-order valence-electron chi connectivity index (χ0n) is 16.8. The van der Waals surface area contributed by atoms with Crippen LogP contribution in [0.15, 0.2) is 36.5 Å². The minimum Gasteiger partial charge on any atom is -0.334 e. The van der Waals surface area contributed by atoms with Crippen molar-refractivity contribution in [2.75, 3.05) is 11.9 Å². The van der Waals surface area contributed by atoms with Crippen LogP contribution < -0.4 is 5.32 Å². The summed E-state index contributed by atoms with van der Waals surface area (Å²) in [5, 5.41) is 3.21. The fraction of sp³-hybridized carbons (Fsp3) is 0.500. The van der Waals surface area contributed by atoms with Gasteiger partial charge in [0, 0.05) is 24.5 Å². The Morgan fingerprint density at radius 2 is 1.93 bits per heavy atom. The van der Waals surface area contributed by atoms with Gasteiger partial charge in [-0.1, -0.05) is 39.8 Å². The number of rotatable bonds is 4. The Kier molecular flexibility index (Phi) is 5.78. The molecule has 1 saturated heterocycles. The molecule has 5 heteroatoms. The number of carbonyl (C=O) groups is 1. The molecule has 0 saturated carbocycles. The maximum absolute atomic E-state index is 12.9. The molecule has 1 aromatic carbocycles. The third-order valence-electron chi connectivity index (χ3n) is 5.24. The highest BCUT2D eigenvalue weighted by Crippen LogP contribution is 2.25. The number of carbonyl (C=O) groups excluding carboxylic acids is 1. The molecule has 1 N–H and O–H groups in total. The van der Waals surface area contributed by atoms with Crippen LogP contribution in [0.4, 0.5) is 11.6 Å². The van der Waals surface area contributed by atoms with E-state index in [4.69, 9.17) is 0 Å². The molecule has 0 radical (unpaired) electrons. The van der Waals surface area contributed by atoms with Gasteiger partial charge in [-0.15, -0.1) is 0 Å². The summed E-state index contributed by atoms with van der Waals surface area (Å²) in [5.74, 6) is 0.462. The lowest BCUT2D eigenvalue weighted by Crippen LogP contribution is -2.43. The molecule has 5 nitrogen and oxygen atoms in total. The van der Waals surface area contributed by atoms with E-state index in [2.05, 4.69) is 55.1 Å². The molecular formula is C22H30N4O. The first-order chi connectivity index (χ1) is 12.9. The Balaban J connectivity index is 1.74. The molecule has 0 spiro atoms. The van der Waals surface area contributed by atoms with Crippen molar-refractivity contribution in [2.45, 2.75) is 64.8 Å². The highest BCUT2D eigenvalue weighted by molar-refractivity contribution is 5.92. The third kappa shape index (κ3) is 4.65. The Hall–Kier alpha value is -2.43. The second-order valence-corrected chi connectivity index (χ2v) is 8.27. The fourth-order valence-corrected chi connectivity index (χ4v) is 3.56. The zero-order valence-corrected chi connectivity index (χ0v) is 16.8. The monoisotopic (exact) mass is 366 g/mol. The van der Waals surface area contributed by atoms with Crippen LogP contribution in [0.1, 0.15) is 69.4 Å². The van der Waals surface area contributed by atoms with Gasteiger partial charge in [0.2, 0.25) is 5.95 Å². The molecule has 1 atom stereocenters. The van der Waals surface area contributed by atoms with E-state index in [-0.39, 0.29) is 11.3 Å². The van der Waals surface area contributed by atoms with E-state index in [1.54, 1.807) is 12.3 Å². The van der Waals surface area contributed by atoms with Gasteiger partial charge in [0.1, 0.15) is 5.69 Å². The smallest absolute Gasteiger partial charge is 0.272 e. The predicted molar refractivity (Wildman–Crippen MR) is 109 cm³/mol. The molecule has 2 heterocycles. The van der Waals surface area contributed by atoms with E-state index in [0.717, 1.165) is 31.5 Å². The van der Waals surface area contributed by atoms with Gasteiger partial charge in [-0.05, 0) is 54.9 Å². The molecule has 0 bridgehead atoms. The normalized spacial score (nSPS) is 17.6. The van der Waals surface area contributed by atoms with E-state index >= 15 is 0 Å². The number of hydrogen-bond acceptors (Lipinski definition) is 4. The van der Waals surface area contributed by atoms with Crippen molar-refractivity contribution in [3.8, 4) is 0 Å². The van der Waals surface area contributed by atoms with Crippen molar-refractivity contribution in [3.63, 3.8) is 0 Å². The minimum absolute atomic E-state index is 0.00933. The Morgan fingerprint density at radius 1 is 1.19 bits per heavy atom. The number of hydrogen-bond donors (Lipinski definition) is 1. The van der Waals surface area contributed by atoms with Crippen LogP contribution in [0.3, 0.4) is 0 Å². The minimum atomic E-state index is 0.00933. The van der Waals surface area contributed by atoms with Crippen LogP contribution in [0.5, 0.6) is 0 Å². The van der Waals surface area contributed by atoms with Crippen LogP contribution in [0, 0.1) is 0 Å². The number of nitrogens with zero attached hydrogens (tertiary/aromatic N) is 3. The molecule has 1 amide bonds. The van der Waals surface area contributed by atoms with Crippen molar-refractivity contribution < 1.29 is 4.79 Å². The maximum Gasteiger partial charge on any atom is 0.272 e. The van der Waals surface area contributed by atoms with Gasteiger partial charge in [-0.25, -0.2) is 9.97 Å². The van der Waals surface area contributed by atoms with Crippen LogP contribution in [0.2, 0.25) is 0 Å². The summed E-state index contributed by atoms with van der Waals surface area (Å²) < 4.78 is 0. The van der Waals surface area contributed by atoms with Gasteiger partial charge < -0.3 is 10.2 Å². The fourth-order valence-electron chi connectivity index (χ4n) is 3.56. The Labute approximate surface area is 162 Å². The summed E-state index contributed by atoms with van der Waals surface area (Å²) in [7, 11) is 0. The average Bonchev–Trinajstić information content (AvgIpc) is 2.67. The van der Waals surface area contributed by atoms with E-state index in [9.17, 15) is 4.79 Å². The lowest BCUT2D eigenvalue weighted by atomic mass is 9.87. The number of piperidine rings is 1. The third-order valence-corrected chi connectivity index (χ3v) is 5.24. The van der Waals surface area contributed by atoms with E-state index in [0.29, 0.717) is 17.7 Å². The van der Waals surface area contributed by atoms with Crippen molar-refractivity contribution >= 4 is 17.5 Å². The van der Waals surface area contributed by atoms with Gasteiger partial charge in [0.25, 0.3) is 5.91 Å². The SMILES string of the molecule is CCC1CCCCN1C(=O)c1ccnc(Nc2ccc(C(C)(C)C)cc2)n1. The molecule has 1 unspecified atom stereocenters. The van der Waals surface area contributed by atoms with Crippen LogP contribution in [-0.2, 0) is 5.41 Å². The van der Waals surface area contributed by atoms with Crippen molar-refractivity contribution in [2.24, 2.45) is 0 Å². The summed E-state index contributed by atoms with van der Waals surface area (Å²) in [5.41, 5.74) is 2.76. The Morgan fingerprint density at radius 3 is 2.59 bits per heavy atom. The Bertz CT molecular complexity index is 780. The highest BCUT2D eigenvalue weighted by Gasteiger charge is 2.27. The molecule has 2 aromatic rings. The molecule has 1 aromatic heterocycles. The molecule has 27 heavy (non-hydrogen) atoms. The van der Waals surface area contributed by atoms with Crippen LogP contribution >= 0.6 is 0 Å². The topological polar surface area (TPSA) is 58.1 Å². The summed E-state index contributed by atoms with van der Waals surface area (Å²) >= 11 is 0. The predicted octanol–water partition coefficient (Wildman–Crippen LogP) is 4.92. The molecular weight excluding hydrogens is 336 g/mol. The van der Waals surface area contributed by atoms with E-state index < -0.39 is 0 Å². The van der Waals surface area contributed by atoms with Crippen molar-refractivity contribution in [1.29, 1.82) is 0 Å². The molecule has 1 aliphatic heterocycles. The number of amides is 1. The van der Waals surface area contributed by atoms with E-state index in [1.807, 2.05) is 17.0 Å². The lowest BCUT2D eigenvalue weighted by Gasteiger charge is -2.35. The molecule has 1 aliphatic rings. The maximum atomic E-state index is 12.9. The molecule has 3 rings (SSSR count). The zero-order chi connectivity index (χ0) is 19.4. The largest absolute Gasteiger partial charge is 0.334 e. The first kappa shape index (κ1) is 19.3. The average molecular weight is 367 g/mol. The van der Waals surface area contributed by atoms with Gasteiger partial charge in [-0.3, -0.25) is 4.79 Å². The highest BCUT2D eigenvalue weighted by atomic mass is 16.2. The van der Waals surface area contributed by atoms with Gasteiger partial charge >= 0.3 is 0 Å². The second kappa shape index (κ2) is 8.07. The van der Waals surface area contributed by atoms with Crippen molar-refractivity contribution in [3.05, 3.63) is 47.8 Å². The summed E-state index contributed by atoms with van der Waals surface area (Å²) in [4.78, 5) is 23.7.